The van der Waals surface area contributed by atoms with E-state index in [0.29, 0.717) is 0 Å². The maximum atomic E-state index is 5.20. The summed E-state index contributed by atoms with van der Waals surface area (Å²) in [7, 11) is 3.61. The predicted molar refractivity (Wildman–Crippen MR) is 58.4 cm³/mol. The number of ether oxygens (including phenoxy) is 1. The molecule has 0 saturated carbocycles. The van der Waals surface area contributed by atoms with Gasteiger partial charge in [0.25, 0.3) is 0 Å². The topological polar surface area (TPSA) is 34.2 Å². The van der Waals surface area contributed by atoms with Gasteiger partial charge in [-0.1, -0.05) is 12.2 Å². The maximum Gasteiger partial charge on any atom is 0.129 e. The van der Waals surface area contributed by atoms with Gasteiger partial charge in [0, 0.05) is 18.0 Å². The van der Waals surface area contributed by atoms with Gasteiger partial charge in [-0.05, 0) is 26.1 Å². The van der Waals surface area contributed by atoms with Crippen molar-refractivity contribution in [1.29, 1.82) is 0 Å². The molecule has 0 unspecified atom stereocenters. The van der Waals surface area contributed by atoms with E-state index in [0.717, 1.165) is 24.3 Å². The minimum Gasteiger partial charge on any atom is -0.496 e. The van der Waals surface area contributed by atoms with Crippen molar-refractivity contribution in [1.82, 2.24) is 10.3 Å². The molecule has 1 aromatic heterocycles. The van der Waals surface area contributed by atoms with Gasteiger partial charge in [0.05, 0.1) is 7.11 Å². The molecule has 1 N–H and O–H groups in total. The van der Waals surface area contributed by atoms with E-state index in [-0.39, 0.29) is 0 Å². The normalized spacial score (nSPS) is 10.7. The molecular weight excluding hydrogens is 176 g/mol. The Labute approximate surface area is 84.8 Å². The molecule has 14 heavy (non-hydrogen) atoms. The van der Waals surface area contributed by atoms with Crippen molar-refractivity contribution in [3.63, 3.8) is 0 Å². The monoisotopic (exact) mass is 192 g/mol. The third-order valence-electron chi connectivity index (χ3n) is 1.89. The molecule has 0 aliphatic rings. The lowest BCUT2D eigenvalue weighted by Crippen LogP contribution is -2.05. The molecule has 1 heterocycles. The Morgan fingerprint density at radius 1 is 1.57 bits per heavy atom. The summed E-state index contributed by atoms with van der Waals surface area (Å²) in [6, 6.07) is 1.86. The first-order chi connectivity index (χ1) is 6.88. The zero-order valence-electron chi connectivity index (χ0n) is 8.66. The lowest BCUT2D eigenvalue weighted by atomic mass is 10.2. The molecule has 1 aromatic rings. The molecule has 0 fully saturated rings. The van der Waals surface area contributed by atoms with Crippen molar-refractivity contribution < 1.29 is 4.74 Å². The fourth-order valence-electron chi connectivity index (χ4n) is 1.14. The summed E-state index contributed by atoms with van der Waals surface area (Å²) in [5.41, 5.74) is 1.02. The van der Waals surface area contributed by atoms with Gasteiger partial charge in [-0.2, -0.15) is 0 Å². The SMILES string of the molecule is CNCCC=Cc1cnccc1OC. The zero-order chi connectivity index (χ0) is 10.2. The molecule has 0 aliphatic heterocycles. The van der Waals surface area contributed by atoms with E-state index in [1.54, 1.807) is 19.5 Å². The molecule has 0 saturated heterocycles. The quantitative estimate of drug-likeness (QED) is 0.721. The van der Waals surface area contributed by atoms with Crippen LogP contribution in [0.4, 0.5) is 0 Å². The third kappa shape index (κ3) is 3.18. The Morgan fingerprint density at radius 2 is 2.43 bits per heavy atom. The number of rotatable bonds is 5. The van der Waals surface area contributed by atoms with Crippen molar-refractivity contribution in [2.45, 2.75) is 6.42 Å². The van der Waals surface area contributed by atoms with Crippen LogP contribution in [-0.4, -0.2) is 25.7 Å². The molecule has 0 radical (unpaired) electrons. The number of pyridine rings is 1. The van der Waals surface area contributed by atoms with E-state index < -0.39 is 0 Å². The summed E-state index contributed by atoms with van der Waals surface area (Å²) in [6.45, 7) is 0.985. The number of nitrogens with one attached hydrogen (secondary N) is 1. The second-order valence-electron chi connectivity index (χ2n) is 2.91. The average Bonchev–Trinajstić information content (AvgIpc) is 2.25. The number of methoxy groups -OCH3 is 1. The van der Waals surface area contributed by atoms with Gasteiger partial charge in [-0.25, -0.2) is 0 Å². The molecule has 0 aliphatic carbocycles. The lowest BCUT2D eigenvalue weighted by Gasteiger charge is -2.02. The van der Waals surface area contributed by atoms with Crippen molar-refractivity contribution >= 4 is 6.08 Å². The summed E-state index contributed by atoms with van der Waals surface area (Å²) in [5, 5.41) is 3.08. The minimum absolute atomic E-state index is 0.862. The average molecular weight is 192 g/mol. The van der Waals surface area contributed by atoms with Crippen LogP contribution in [0.15, 0.2) is 24.5 Å². The van der Waals surface area contributed by atoms with Gasteiger partial charge >= 0.3 is 0 Å². The highest BCUT2D eigenvalue weighted by molar-refractivity contribution is 5.55. The van der Waals surface area contributed by atoms with Crippen LogP contribution in [0.5, 0.6) is 5.75 Å². The fourth-order valence-corrected chi connectivity index (χ4v) is 1.14. The van der Waals surface area contributed by atoms with Crippen LogP contribution in [0, 0.1) is 0 Å². The van der Waals surface area contributed by atoms with E-state index in [1.165, 1.54) is 0 Å². The van der Waals surface area contributed by atoms with Crippen LogP contribution >= 0.6 is 0 Å². The summed E-state index contributed by atoms with van der Waals surface area (Å²) in [6.07, 6.45) is 8.67. The second kappa shape index (κ2) is 6.16. The molecule has 3 nitrogen and oxygen atoms in total. The van der Waals surface area contributed by atoms with Crippen molar-refractivity contribution in [2.24, 2.45) is 0 Å². The molecule has 0 aromatic carbocycles. The van der Waals surface area contributed by atoms with Gasteiger partial charge < -0.3 is 10.1 Å². The Bertz CT molecular complexity index is 297. The summed E-state index contributed by atoms with van der Waals surface area (Å²) in [4.78, 5) is 4.05. The molecule has 1 rings (SSSR count). The first-order valence-electron chi connectivity index (χ1n) is 4.67. The second-order valence-corrected chi connectivity index (χ2v) is 2.91. The van der Waals surface area contributed by atoms with E-state index in [1.807, 2.05) is 19.2 Å². The van der Waals surface area contributed by atoms with Crippen LogP contribution < -0.4 is 10.1 Å². The number of nitrogens with zero attached hydrogens (tertiary/aromatic N) is 1. The number of aromatic nitrogens is 1. The highest BCUT2D eigenvalue weighted by Gasteiger charge is 1.96. The highest BCUT2D eigenvalue weighted by Crippen LogP contribution is 2.17. The first-order valence-corrected chi connectivity index (χ1v) is 4.67. The number of hydrogen-bond donors (Lipinski definition) is 1. The van der Waals surface area contributed by atoms with Gasteiger partial charge in [0.2, 0.25) is 0 Å². The Hall–Kier alpha value is -1.35. The molecule has 76 valence electrons. The summed E-state index contributed by atoms with van der Waals surface area (Å²) in [5.74, 6) is 0.862. The van der Waals surface area contributed by atoms with Crippen molar-refractivity contribution in [3.05, 3.63) is 30.1 Å². The van der Waals surface area contributed by atoms with Gasteiger partial charge in [0.15, 0.2) is 0 Å². The predicted octanol–water partition coefficient (Wildman–Crippen LogP) is 1.71. The first kappa shape index (κ1) is 10.7. The molecule has 0 atom stereocenters. The van der Waals surface area contributed by atoms with Crippen LogP contribution in [0.2, 0.25) is 0 Å². The van der Waals surface area contributed by atoms with E-state index in [2.05, 4.69) is 16.4 Å². The highest BCUT2D eigenvalue weighted by atomic mass is 16.5. The molecule has 0 spiro atoms. The van der Waals surface area contributed by atoms with Gasteiger partial charge in [-0.3, -0.25) is 4.98 Å². The van der Waals surface area contributed by atoms with E-state index >= 15 is 0 Å². The van der Waals surface area contributed by atoms with Crippen LogP contribution in [0.1, 0.15) is 12.0 Å². The van der Waals surface area contributed by atoms with Gasteiger partial charge in [-0.15, -0.1) is 0 Å². The summed E-state index contributed by atoms with van der Waals surface area (Å²) >= 11 is 0. The molecule has 3 heteroatoms. The fraction of sp³-hybridized carbons (Fsp3) is 0.364. The molecule has 0 bridgehead atoms. The van der Waals surface area contributed by atoms with Crippen LogP contribution in [0.25, 0.3) is 6.08 Å². The van der Waals surface area contributed by atoms with E-state index in [9.17, 15) is 0 Å². The van der Waals surface area contributed by atoms with Crippen LogP contribution in [0.3, 0.4) is 0 Å². The summed E-state index contributed by atoms with van der Waals surface area (Å²) < 4.78 is 5.20. The zero-order valence-corrected chi connectivity index (χ0v) is 8.66. The lowest BCUT2D eigenvalue weighted by molar-refractivity contribution is 0.413. The maximum absolute atomic E-state index is 5.20. The molecular formula is C11H16N2O. The van der Waals surface area contributed by atoms with Crippen LogP contribution in [-0.2, 0) is 0 Å². The molecule has 0 amide bonds. The van der Waals surface area contributed by atoms with Crippen molar-refractivity contribution in [2.75, 3.05) is 20.7 Å². The largest absolute Gasteiger partial charge is 0.496 e. The Morgan fingerprint density at radius 3 is 3.14 bits per heavy atom. The Balaban J connectivity index is 2.61. The Kier molecular flexibility index (Phi) is 4.72. The third-order valence-corrected chi connectivity index (χ3v) is 1.89. The van der Waals surface area contributed by atoms with Gasteiger partial charge in [0.1, 0.15) is 5.75 Å². The van der Waals surface area contributed by atoms with Crippen molar-refractivity contribution in [3.8, 4) is 5.75 Å². The minimum atomic E-state index is 0.862. The number of hydrogen-bond acceptors (Lipinski definition) is 3. The smallest absolute Gasteiger partial charge is 0.129 e. The van der Waals surface area contributed by atoms with E-state index in [4.69, 9.17) is 4.74 Å². The standard InChI is InChI=1S/C11H16N2O/c1-12-7-4-3-5-10-9-13-8-6-11(10)14-2/h3,5-6,8-9,12H,4,7H2,1-2H3.